The molecule has 0 saturated heterocycles. The van der Waals surface area contributed by atoms with Crippen LogP contribution in [0.4, 0.5) is 13.2 Å². The molecule has 0 aliphatic carbocycles. The van der Waals surface area contributed by atoms with Gasteiger partial charge in [0.2, 0.25) is 0 Å². The van der Waals surface area contributed by atoms with Crippen molar-refractivity contribution in [3.8, 4) is 0 Å². The summed E-state index contributed by atoms with van der Waals surface area (Å²) in [6.07, 6.45) is -3.79. The Morgan fingerprint density at radius 1 is 1.22 bits per heavy atom. The zero-order valence-corrected chi connectivity index (χ0v) is 6.52. The number of hydrogen-bond acceptors (Lipinski definition) is 0. The minimum atomic E-state index is -4.11. The van der Waals surface area contributed by atoms with Crippen LogP contribution in [0.2, 0.25) is 13.1 Å². The molecule has 0 nitrogen and oxygen atoms in total. The van der Waals surface area contributed by atoms with Gasteiger partial charge in [-0.25, -0.2) is 0 Å². The highest BCUT2D eigenvalue weighted by Gasteiger charge is 2.21. The Morgan fingerprint density at radius 3 is 1.78 bits per heavy atom. The van der Waals surface area contributed by atoms with Gasteiger partial charge in [-0.2, -0.15) is 13.2 Å². The second kappa shape index (κ2) is 3.05. The third-order valence-corrected chi connectivity index (χ3v) is 1.63. The summed E-state index contributed by atoms with van der Waals surface area (Å²) in [4.78, 5) is 0. The quantitative estimate of drug-likeness (QED) is 0.507. The number of allylic oxidation sites excluding steroid dienone is 1. The van der Waals surface area contributed by atoms with Crippen molar-refractivity contribution >= 4 is 8.80 Å². The Morgan fingerprint density at radius 2 is 1.67 bits per heavy atom. The van der Waals surface area contributed by atoms with Gasteiger partial charge in [0.1, 0.15) is 0 Å². The summed E-state index contributed by atoms with van der Waals surface area (Å²) in [6, 6.07) is 0. The van der Waals surface area contributed by atoms with E-state index >= 15 is 0 Å². The zero-order valence-electron chi connectivity index (χ0n) is 5.37. The van der Waals surface area contributed by atoms with Crippen molar-refractivity contribution in [2.24, 2.45) is 0 Å². The number of rotatable bonds is 1. The SMILES string of the molecule is C[SiH](C)C=CC(F)(F)F. The highest BCUT2D eigenvalue weighted by molar-refractivity contribution is 6.61. The molecule has 0 aliphatic heterocycles. The van der Waals surface area contributed by atoms with Crippen LogP contribution in [0.3, 0.4) is 0 Å². The molecule has 0 aliphatic rings. The van der Waals surface area contributed by atoms with Crippen molar-refractivity contribution in [2.45, 2.75) is 19.3 Å². The molecule has 0 aromatic carbocycles. The van der Waals surface area contributed by atoms with E-state index in [4.69, 9.17) is 0 Å². The summed E-state index contributed by atoms with van der Waals surface area (Å²) in [6.45, 7) is 3.67. The molecule has 0 heterocycles. The van der Waals surface area contributed by atoms with E-state index in [-0.39, 0.29) is 0 Å². The van der Waals surface area contributed by atoms with Gasteiger partial charge in [0.15, 0.2) is 0 Å². The Hall–Kier alpha value is -0.253. The average molecular weight is 154 g/mol. The third-order valence-electron chi connectivity index (χ3n) is 0.670. The summed E-state index contributed by atoms with van der Waals surface area (Å²) >= 11 is 0. The predicted octanol–water partition coefficient (Wildman–Crippen LogP) is 2.13. The lowest BCUT2D eigenvalue weighted by molar-refractivity contribution is -0.0797. The molecule has 0 N–H and O–H groups in total. The molecule has 0 spiro atoms. The van der Waals surface area contributed by atoms with Crippen molar-refractivity contribution in [3.05, 3.63) is 11.8 Å². The van der Waals surface area contributed by atoms with Gasteiger partial charge in [-0.05, 0) is 0 Å². The lowest BCUT2D eigenvalue weighted by atomic mass is 10.6. The average Bonchev–Trinajstić information content (AvgIpc) is 1.59. The largest absolute Gasteiger partial charge is 0.409 e. The molecule has 0 aromatic rings. The Balaban J connectivity index is 3.71. The van der Waals surface area contributed by atoms with Crippen LogP contribution in [-0.4, -0.2) is 15.0 Å². The molecule has 9 heavy (non-hydrogen) atoms. The van der Waals surface area contributed by atoms with Gasteiger partial charge in [0, 0.05) is 6.08 Å². The van der Waals surface area contributed by atoms with E-state index < -0.39 is 15.0 Å². The van der Waals surface area contributed by atoms with Crippen LogP contribution in [0.5, 0.6) is 0 Å². The van der Waals surface area contributed by atoms with Crippen molar-refractivity contribution in [1.29, 1.82) is 0 Å². The summed E-state index contributed by atoms with van der Waals surface area (Å²) in [5.41, 5.74) is 1.26. The molecule has 54 valence electrons. The van der Waals surface area contributed by atoms with E-state index in [0.717, 1.165) is 0 Å². The van der Waals surface area contributed by atoms with Crippen LogP contribution in [-0.2, 0) is 0 Å². The molecule has 0 unspecified atom stereocenters. The second-order valence-corrected chi connectivity index (χ2v) is 5.02. The van der Waals surface area contributed by atoms with E-state index in [1.54, 1.807) is 0 Å². The van der Waals surface area contributed by atoms with E-state index in [2.05, 4.69) is 0 Å². The van der Waals surface area contributed by atoms with E-state index in [0.29, 0.717) is 6.08 Å². The van der Waals surface area contributed by atoms with E-state index in [9.17, 15) is 13.2 Å². The van der Waals surface area contributed by atoms with Crippen molar-refractivity contribution in [1.82, 2.24) is 0 Å². The molecule has 0 aromatic heterocycles. The molecule has 0 atom stereocenters. The maximum absolute atomic E-state index is 11.4. The van der Waals surface area contributed by atoms with Crippen molar-refractivity contribution < 1.29 is 13.2 Å². The minimum Gasteiger partial charge on any atom is -0.167 e. The molecular weight excluding hydrogens is 145 g/mol. The molecule has 0 radical (unpaired) electrons. The van der Waals surface area contributed by atoms with Crippen molar-refractivity contribution in [2.75, 3.05) is 0 Å². The van der Waals surface area contributed by atoms with Gasteiger partial charge in [0.25, 0.3) is 0 Å². The summed E-state index contributed by atoms with van der Waals surface area (Å²) in [5.74, 6) is 0. The summed E-state index contributed by atoms with van der Waals surface area (Å²) in [5, 5.41) is 0. The fourth-order valence-corrected chi connectivity index (χ4v) is 0.905. The summed E-state index contributed by atoms with van der Waals surface area (Å²) < 4.78 is 34.1. The standard InChI is InChI=1S/C5H9F3Si/c1-9(2)4-3-5(6,7)8/h3-4,9H,1-2H3. The van der Waals surface area contributed by atoms with Gasteiger partial charge in [-0.15, -0.1) is 0 Å². The highest BCUT2D eigenvalue weighted by Crippen LogP contribution is 2.15. The predicted molar refractivity (Wildman–Crippen MR) is 34.1 cm³/mol. The number of halogens is 3. The fourth-order valence-electron chi connectivity index (χ4n) is 0.302. The topological polar surface area (TPSA) is 0 Å². The monoisotopic (exact) mass is 154 g/mol. The smallest absolute Gasteiger partial charge is 0.167 e. The van der Waals surface area contributed by atoms with Gasteiger partial charge in [0.05, 0.1) is 8.80 Å². The van der Waals surface area contributed by atoms with Crippen LogP contribution in [0, 0.1) is 0 Å². The molecule has 0 rings (SSSR count). The van der Waals surface area contributed by atoms with Gasteiger partial charge in [-0.1, -0.05) is 18.8 Å². The maximum atomic E-state index is 11.4. The van der Waals surface area contributed by atoms with Crippen LogP contribution >= 0.6 is 0 Å². The fraction of sp³-hybridized carbons (Fsp3) is 0.600. The molecule has 4 heteroatoms. The Labute approximate surface area is 54.0 Å². The first-order valence-corrected chi connectivity index (χ1v) is 5.65. The maximum Gasteiger partial charge on any atom is 0.409 e. The molecule has 0 amide bonds. The Kier molecular flexibility index (Phi) is 2.97. The van der Waals surface area contributed by atoms with Crippen LogP contribution in [0.1, 0.15) is 0 Å². The highest BCUT2D eigenvalue weighted by atomic mass is 28.3. The number of hydrogen-bond donors (Lipinski definition) is 0. The van der Waals surface area contributed by atoms with Crippen LogP contribution in [0.15, 0.2) is 11.8 Å². The van der Waals surface area contributed by atoms with Crippen molar-refractivity contribution in [3.63, 3.8) is 0 Å². The molecular formula is C5H9F3Si. The number of alkyl halides is 3. The van der Waals surface area contributed by atoms with Crippen LogP contribution < -0.4 is 0 Å². The van der Waals surface area contributed by atoms with E-state index in [1.165, 1.54) is 5.70 Å². The summed E-state index contributed by atoms with van der Waals surface area (Å²) in [7, 11) is -1.17. The lowest BCUT2D eigenvalue weighted by Gasteiger charge is -1.97. The minimum absolute atomic E-state index is 0.323. The Bertz CT molecular complexity index is 103. The molecule has 0 bridgehead atoms. The molecule has 0 fully saturated rings. The first kappa shape index (κ1) is 8.75. The van der Waals surface area contributed by atoms with E-state index in [1.807, 2.05) is 13.1 Å². The van der Waals surface area contributed by atoms with Gasteiger partial charge >= 0.3 is 6.18 Å². The second-order valence-electron chi connectivity index (χ2n) is 2.14. The first-order valence-electron chi connectivity index (χ1n) is 2.68. The lowest BCUT2D eigenvalue weighted by Crippen LogP contribution is -2.04. The van der Waals surface area contributed by atoms with Gasteiger partial charge < -0.3 is 0 Å². The zero-order chi connectivity index (χ0) is 7.49. The third kappa shape index (κ3) is 7.75. The normalized spacial score (nSPS) is 13.6. The first-order chi connectivity index (χ1) is 3.92. The van der Waals surface area contributed by atoms with Gasteiger partial charge in [-0.3, -0.25) is 0 Å². The molecule has 0 saturated carbocycles. The van der Waals surface area contributed by atoms with Crippen LogP contribution in [0.25, 0.3) is 0 Å².